The number of methoxy groups -OCH3 is 1. The molecule has 0 aromatic carbocycles. The number of carbonyl (C=O) groups is 1. The first-order valence-corrected chi connectivity index (χ1v) is 7.60. The summed E-state index contributed by atoms with van der Waals surface area (Å²) in [4.78, 5) is 11.9. The van der Waals surface area contributed by atoms with E-state index in [9.17, 15) is 4.79 Å². The molecule has 0 aromatic rings. The largest absolute Gasteiger partial charge is 0.468 e. The number of fused-ring (bicyclic) bond motifs is 2. The maximum absolute atomic E-state index is 11.9. The van der Waals surface area contributed by atoms with Gasteiger partial charge >= 0.3 is 5.97 Å². The molecule has 0 saturated heterocycles. The van der Waals surface area contributed by atoms with Gasteiger partial charge in [0.1, 0.15) is 5.54 Å². The summed E-state index contributed by atoms with van der Waals surface area (Å²) in [6.45, 7) is 9.27. The molecular weight excluding hydrogens is 254 g/mol. The summed E-state index contributed by atoms with van der Waals surface area (Å²) in [6.07, 6.45) is 3.89. The summed E-state index contributed by atoms with van der Waals surface area (Å²) >= 11 is 0. The number of rotatable bonds is 5. The van der Waals surface area contributed by atoms with E-state index in [1.54, 1.807) is 7.05 Å². The second-order valence-corrected chi connectivity index (χ2v) is 7.48. The van der Waals surface area contributed by atoms with Gasteiger partial charge in [-0.3, -0.25) is 0 Å². The first-order chi connectivity index (χ1) is 9.21. The van der Waals surface area contributed by atoms with Crippen molar-refractivity contribution in [1.82, 2.24) is 5.32 Å². The lowest BCUT2D eigenvalue weighted by atomic mass is 9.70. The van der Waals surface area contributed by atoms with Gasteiger partial charge in [0, 0.05) is 0 Å². The van der Waals surface area contributed by atoms with Gasteiger partial charge in [0.2, 0.25) is 0 Å². The highest BCUT2D eigenvalue weighted by atomic mass is 16.5. The minimum absolute atomic E-state index is 0.225. The van der Waals surface area contributed by atoms with Crippen LogP contribution in [0.25, 0.3) is 0 Å². The van der Waals surface area contributed by atoms with Crippen LogP contribution in [0.1, 0.15) is 47.0 Å². The highest BCUT2D eigenvalue weighted by molar-refractivity contribution is 5.80. The molecule has 20 heavy (non-hydrogen) atoms. The van der Waals surface area contributed by atoms with Crippen LogP contribution in [-0.4, -0.2) is 38.4 Å². The number of ether oxygens (including phenoxy) is 2. The van der Waals surface area contributed by atoms with Crippen molar-refractivity contribution in [3.05, 3.63) is 0 Å². The third-order valence-corrected chi connectivity index (χ3v) is 6.47. The zero-order valence-electron chi connectivity index (χ0n) is 13.7. The highest BCUT2D eigenvalue weighted by Gasteiger charge is 2.62. The second kappa shape index (κ2) is 4.99. The molecule has 4 atom stereocenters. The van der Waals surface area contributed by atoms with Crippen LogP contribution in [0.5, 0.6) is 0 Å². The number of esters is 1. The normalized spacial score (nSPS) is 37.7. The van der Waals surface area contributed by atoms with Crippen LogP contribution in [0.3, 0.4) is 0 Å². The Hall–Kier alpha value is -0.610. The van der Waals surface area contributed by atoms with Gasteiger partial charge in [-0.2, -0.15) is 0 Å². The molecule has 2 aliphatic rings. The number of hydrogen-bond acceptors (Lipinski definition) is 4. The molecule has 1 N–H and O–H groups in total. The van der Waals surface area contributed by atoms with Crippen molar-refractivity contribution in [1.29, 1.82) is 0 Å². The van der Waals surface area contributed by atoms with Crippen molar-refractivity contribution in [2.75, 3.05) is 20.8 Å². The molecule has 0 aromatic heterocycles. The maximum atomic E-state index is 11.9. The lowest BCUT2D eigenvalue weighted by molar-refractivity contribution is -0.153. The standard InChI is InChI=1S/C16H29NO3/c1-14(2)11-7-8-15(14,3)12(9-11)20-10-16(4,17-5)13(18)19-6/h11-12,17H,7-10H2,1-6H3. The zero-order valence-corrected chi connectivity index (χ0v) is 13.7. The molecule has 116 valence electrons. The Balaban J connectivity index is 2.04. The fourth-order valence-corrected chi connectivity index (χ4v) is 4.11. The molecule has 4 nitrogen and oxygen atoms in total. The van der Waals surface area contributed by atoms with E-state index in [-0.39, 0.29) is 17.5 Å². The van der Waals surface area contributed by atoms with Gasteiger partial charge in [0.15, 0.2) is 0 Å². The van der Waals surface area contributed by atoms with Gasteiger partial charge < -0.3 is 14.8 Å². The molecule has 4 unspecified atom stereocenters. The maximum Gasteiger partial charge on any atom is 0.328 e. The minimum Gasteiger partial charge on any atom is -0.468 e. The van der Waals surface area contributed by atoms with Gasteiger partial charge in [-0.1, -0.05) is 20.8 Å². The second-order valence-electron chi connectivity index (χ2n) is 7.48. The molecule has 2 fully saturated rings. The molecule has 2 rings (SSSR count). The van der Waals surface area contributed by atoms with Crippen molar-refractivity contribution in [2.24, 2.45) is 16.7 Å². The molecule has 2 aliphatic carbocycles. The van der Waals surface area contributed by atoms with Crippen LogP contribution in [0.15, 0.2) is 0 Å². The van der Waals surface area contributed by atoms with Crippen molar-refractivity contribution in [2.45, 2.75) is 58.6 Å². The summed E-state index contributed by atoms with van der Waals surface area (Å²) < 4.78 is 11.1. The summed E-state index contributed by atoms with van der Waals surface area (Å²) in [5.41, 5.74) is -0.210. The van der Waals surface area contributed by atoms with Crippen molar-refractivity contribution in [3.8, 4) is 0 Å². The molecule has 4 heteroatoms. The van der Waals surface area contributed by atoms with E-state index in [0.29, 0.717) is 12.0 Å². The Morgan fingerprint density at radius 1 is 1.40 bits per heavy atom. The number of nitrogens with one attached hydrogen (secondary N) is 1. The van der Waals surface area contributed by atoms with E-state index in [1.807, 2.05) is 6.92 Å². The summed E-state index contributed by atoms with van der Waals surface area (Å²) in [5, 5.41) is 3.03. The Bertz CT molecular complexity index is 395. The molecule has 0 radical (unpaired) electrons. The number of carbonyl (C=O) groups excluding carboxylic acids is 1. The molecular formula is C16H29NO3. The first-order valence-electron chi connectivity index (χ1n) is 7.60. The van der Waals surface area contributed by atoms with Crippen molar-refractivity contribution >= 4 is 5.97 Å². The van der Waals surface area contributed by atoms with Crippen LogP contribution in [0, 0.1) is 16.7 Å². The van der Waals surface area contributed by atoms with Crippen LogP contribution in [0.4, 0.5) is 0 Å². The Morgan fingerprint density at radius 3 is 2.45 bits per heavy atom. The van der Waals surface area contributed by atoms with E-state index in [0.717, 1.165) is 12.3 Å². The average molecular weight is 283 g/mol. The number of likely N-dealkylation sites (N-methyl/N-ethyl adjacent to an activating group) is 1. The van der Waals surface area contributed by atoms with Gasteiger partial charge in [-0.15, -0.1) is 0 Å². The lowest BCUT2D eigenvalue weighted by Crippen LogP contribution is -2.53. The van der Waals surface area contributed by atoms with E-state index in [4.69, 9.17) is 9.47 Å². The topological polar surface area (TPSA) is 47.6 Å². The minimum atomic E-state index is -0.767. The van der Waals surface area contributed by atoms with Gasteiger partial charge in [-0.25, -0.2) is 4.79 Å². The molecule has 2 bridgehead atoms. The molecule has 0 amide bonds. The van der Waals surface area contributed by atoms with Crippen molar-refractivity contribution < 1.29 is 14.3 Å². The first kappa shape index (κ1) is 15.8. The Labute approximate surface area is 122 Å². The molecule has 0 heterocycles. The Morgan fingerprint density at radius 2 is 2.05 bits per heavy atom. The molecule has 0 aliphatic heterocycles. The van der Waals surface area contributed by atoms with E-state index < -0.39 is 5.54 Å². The van der Waals surface area contributed by atoms with Crippen LogP contribution in [0.2, 0.25) is 0 Å². The van der Waals surface area contributed by atoms with Crippen LogP contribution < -0.4 is 5.32 Å². The van der Waals surface area contributed by atoms with Gasteiger partial charge in [-0.05, 0) is 50.0 Å². The molecule has 2 saturated carbocycles. The van der Waals surface area contributed by atoms with Gasteiger partial charge in [0.05, 0.1) is 19.8 Å². The predicted molar refractivity (Wildman–Crippen MR) is 78.4 cm³/mol. The monoisotopic (exact) mass is 283 g/mol. The highest BCUT2D eigenvalue weighted by Crippen LogP contribution is 2.66. The smallest absolute Gasteiger partial charge is 0.328 e. The summed E-state index contributed by atoms with van der Waals surface area (Å²) in [5.74, 6) is 0.476. The van der Waals surface area contributed by atoms with E-state index in [2.05, 4.69) is 26.1 Å². The fourth-order valence-electron chi connectivity index (χ4n) is 4.11. The Kier molecular flexibility index (Phi) is 3.93. The average Bonchev–Trinajstić information content (AvgIpc) is 2.76. The summed E-state index contributed by atoms with van der Waals surface area (Å²) in [6, 6.07) is 0. The summed E-state index contributed by atoms with van der Waals surface area (Å²) in [7, 11) is 3.19. The third kappa shape index (κ3) is 2.08. The quantitative estimate of drug-likeness (QED) is 0.787. The number of hydrogen-bond donors (Lipinski definition) is 1. The van der Waals surface area contributed by atoms with Crippen molar-refractivity contribution in [3.63, 3.8) is 0 Å². The van der Waals surface area contributed by atoms with Crippen LogP contribution >= 0.6 is 0 Å². The van der Waals surface area contributed by atoms with Crippen LogP contribution in [-0.2, 0) is 14.3 Å². The zero-order chi connectivity index (χ0) is 15.2. The SMILES string of the molecule is CNC(C)(COC1CC2CCC1(C)C2(C)C)C(=O)OC. The van der Waals surface area contributed by atoms with Gasteiger partial charge in [0.25, 0.3) is 0 Å². The van der Waals surface area contributed by atoms with E-state index in [1.165, 1.54) is 20.0 Å². The molecule has 0 spiro atoms. The van der Waals surface area contributed by atoms with E-state index >= 15 is 0 Å². The lowest BCUT2D eigenvalue weighted by Gasteiger charge is -2.40. The fraction of sp³-hybridized carbons (Fsp3) is 0.938. The third-order valence-electron chi connectivity index (χ3n) is 6.47. The predicted octanol–water partition coefficient (Wildman–Crippen LogP) is 2.37.